The number of rotatable bonds is 4. The van der Waals surface area contributed by atoms with Crippen LogP contribution in [0.3, 0.4) is 0 Å². The van der Waals surface area contributed by atoms with Crippen LogP contribution in [0.25, 0.3) is 0 Å². The molecule has 2 aromatic rings. The van der Waals surface area contributed by atoms with Crippen molar-refractivity contribution < 1.29 is 14.5 Å². The first kappa shape index (κ1) is 15.0. The Kier molecular flexibility index (Phi) is 4.23. The molecule has 0 spiro atoms. The average molecular weight is 310 g/mol. The van der Waals surface area contributed by atoms with E-state index in [2.05, 4.69) is 5.10 Å². The van der Waals surface area contributed by atoms with Crippen molar-refractivity contribution in [3.05, 3.63) is 56.4 Å². The molecule has 0 atom stereocenters. The second-order valence-corrected chi connectivity index (χ2v) is 4.82. The number of aromatic nitrogens is 2. The third kappa shape index (κ3) is 3.38. The molecular weight excluding hydrogens is 298 g/mol. The van der Waals surface area contributed by atoms with E-state index in [4.69, 9.17) is 16.3 Å². The van der Waals surface area contributed by atoms with Gasteiger partial charge in [0.05, 0.1) is 16.2 Å². The number of nitro benzene ring substituents is 1. The van der Waals surface area contributed by atoms with Gasteiger partial charge in [-0.2, -0.15) is 5.10 Å². The number of carbonyl (C=O) groups is 1. The summed E-state index contributed by atoms with van der Waals surface area (Å²) in [5, 5.41) is 14.9. The van der Waals surface area contributed by atoms with Gasteiger partial charge in [-0.05, 0) is 19.1 Å². The van der Waals surface area contributed by atoms with Crippen LogP contribution in [0.15, 0.2) is 24.4 Å². The maximum atomic E-state index is 11.9. The largest absolute Gasteiger partial charge is 0.457 e. The molecule has 0 saturated heterocycles. The number of aryl methyl sites for hydroxylation is 2. The second kappa shape index (κ2) is 5.92. The first-order chi connectivity index (χ1) is 9.88. The molecule has 0 aliphatic rings. The van der Waals surface area contributed by atoms with Crippen LogP contribution < -0.4 is 0 Å². The molecule has 0 radical (unpaired) electrons. The maximum Gasteiger partial charge on any atom is 0.338 e. The summed E-state index contributed by atoms with van der Waals surface area (Å²) in [6, 6.07) is 3.78. The fraction of sp³-hybridized carbons (Fsp3) is 0.231. The van der Waals surface area contributed by atoms with Crippen molar-refractivity contribution in [3.8, 4) is 0 Å². The van der Waals surface area contributed by atoms with Crippen LogP contribution in [0.4, 0.5) is 5.69 Å². The van der Waals surface area contributed by atoms with Crippen molar-refractivity contribution in [1.29, 1.82) is 0 Å². The summed E-state index contributed by atoms with van der Waals surface area (Å²) in [5.74, 6) is -0.655. The van der Waals surface area contributed by atoms with Gasteiger partial charge >= 0.3 is 5.97 Å². The van der Waals surface area contributed by atoms with Crippen LogP contribution in [0.5, 0.6) is 0 Å². The normalized spacial score (nSPS) is 10.4. The Morgan fingerprint density at radius 1 is 1.52 bits per heavy atom. The van der Waals surface area contributed by atoms with Crippen molar-refractivity contribution in [2.24, 2.45) is 7.05 Å². The average Bonchev–Trinajstić information content (AvgIpc) is 2.74. The molecule has 0 fully saturated rings. The molecule has 0 N–H and O–H groups in total. The standard InChI is InChI=1S/C13H12ClN3O4/c1-8-10(6-16(2)15-8)7-21-13(18)9-3-4-11(14)12(5-9)17(19)20/h3-6H,7H2,1-2H3. The predicted octanol–water partition coefficient (Wildman–Crippen LogP) is 2.65. The monoisotopic (exact) mass is 309 g/mol. The van der Waals surface area contributed by atoms with Crippen molar-refractivity contribution in [3.63, 3.8) is 0 Å². The number of benzene rings is 1. The van der Waals surface area contributed by atoms with Gasteiger partial charge in [0.15, 0.2) is 0 Å². The van der Waals surface area contributed by atoms with Gasteiger partial charge in [-0.25, -0.2) is 4.79 Å². The predicted molar refractivity (Wildman–Crippen MR) is 75.2 cm³/mol. The highest BCUT2D eigenvalue weighted by Gasteiger charge is 2.17. The van der Waals surface area contributed by atoms with E-state index in [0.717, 1.165) is 17.3 Å². The Balaban J connectivity index is 2.12. The summed E-state index contributed by atoms with van der Waals surface area (Å²) in [5.41, 5.74) is 1.28. The zero-order valence-electron chi connectivity index (χ0n) is 11.4. The number of ether oxygens (including phenoxy) is 1. The minimum Gasteiger partial charge on any atom is -0.457 e. The van der Waals surface area contributed by atoms with E-state index in [1.165, 1.54) is 12.1 Å². The van der Waals surface area contributed by atoms with Crippen LogP contribution in [0, 0.1) is 17.0 Å². The Morgan fingerprint density at radius 2 is 2.24 bits per heavy atom. The van der Waals surface area contributed by atoms with Gasteiger partial charge in [0.2, 0.25) is 0 Å². The van der Waals surface area contributed by atoms with Gasteiger partial charge in [0, 0.05) is 24.9 Å². The first-order valence-corrected chi connectivity index (χ1v) is 6.36. The van der Waals surface area contributed by atoms with E-state index in [0.29, 0.717) is 0 Å². The SMILES string of the molecule is Cc1nn(C)cc1COC(=O)c1ccc(Cl)c([N+](=O)[O-])c1. The van der Waals surface area contributed by atoms with Crippen molar-refractivity contribution in [2.75, 3.05) is 0 Å². The van der Waals surface area contributed by atoms with Crippen LogP contribution >= 0.6 is 11.6 Å². The molecule has 0 aliphatic carbocycles. The molecule has 0 amide bonds. The molecular formula is C13H12ClN3O4. The van der Waals surface area contributed by atoms with Gasteiger partial charge < -0.3 is 4.74 Å². The topological polar surface area (TPSA) is 87.3 Å². The quantitative estimate of drug-likeness (QED) is 0.492. The van der Waals surface area contributed by atoms with Gasteiger partial charge in [0.1, 0.15) is 11.6 Å². The van der Waals surface area contributed by atoms with Crippen LogP contribution in [-0.2, 0) is 18.4 Å². The zero-order valence-corrected chi connectivity index (χ0v) is 12.1. The highest BCUT2D eigenvalue weighted by atomic mass is 35.5. The van der Waals surface area contributed by atoms with E-state index in [-0.39, 0.29) is 22.9 Å². The molecule has 1 heterocycles. The lowest BCUT2D eigenvalue weighted by Crippen LogP contribution is -2.06. The van der Waals surface area contributed by atoms with Crippen molar-refractivity contribution >= 4 is 23.3 Å². The highest BCUT2D eigenvalue weighted by Crippen LogP contribution is 2.25. The molecule has 21 heavy (non-hydrogen) atoms. The van der Waals surface area contributed by atoms with E-state index in [1.54, 1.807) is 24.9 Å². The van der Waals surface area contributed by atoms with E-state index < -0.39 is 10.9 Å². The lowest BCUT2D eigenvalue weighted by Gasteiger charge is -2.04. The van der Waals surface area contributed by atoms with Crippen molar-refractivity contribution in [2.45, 2.75) is 13.5 Å². The van der Waals surface area contributed by atoms with Gasteiger partial charge in [-0.15, -0.1) is 0 Å². The molecule has 1 aromatic heterocycles. The molecule has 0 aliphatic heterocycles. The third-order valence-corrected chi connectivity index (χ3v) is 3.17. The number of carbonyl (C=O) groups excluding carboxylic acids is 1. The highest BCUT2D eigenvalue weighted by molar-refractivity contribution is 6.32. The molecule has 0 bridgehead atoms. The van der Waals surface area contributed by atoms with Crippen LogP contribution in [0.1, 0.15) is 21.6 Å². The molecule has 0 unspecified atom stereocenters. The number of esters is 1. The van der Waals surface area contributed by atoms with Crippen molar-refractivity contribution in [1.82, 2.24) is 9.78 Å². The van der Waals surface area contributed by atoms with E-state index in [1.807, 2.05) is 0 Å². The molecule has 8 heteroatoms. The first-order valence-electron chi connectivity index (χ1n) is 5.98. The maximum absolute atomic E-state index is 11.9. The van der Waals surface area contributed by atoms with Gasteiger partial charge in [0.25, 0.3) is 5.69 Å². The third-order valence-electron chi connectivity index (χ3n) is 2.85. The van der Waals surface area contributed by atoms with Gasteiger partial charge in [-0.1, -0.05) is 11.6 Å². The fourth-order valence-corrected chi connectivity index (χ4v) is 1.98. The van der Waals surface area contributed by atoms with E-state index in [9.17, 15) is 14.9 Å². The molecule has 110 valence electrons. The number of nitrogens with zero attached hydrogens (tertiary/aromatic N) is 3. The summed E-state index contributed by atoms with van der Waals surface area (Å²) in [7, 11) is 1.76. The Labute approximate surface area is 125 Å². The fourth-order valence-electron chi connectivity index (χ4n) is 1.80. The molecule has 1 aromatic carbocycles. The summed E-state index contributed by atoms with van der Waals surface area (Å²) in [6.45, 7) is 1.85. The minimum atomic E-state index is -0.655. The van der Waals surface area contributed by atoms with Gasteiger partial charge in [-0.3, -0.25) is 14.8 Å². The number of halogens is 1. The number of hydrogen-bond acceptors (Lipinski definition) is 5. The van der Waals surface area contributed by atoms with Crippen LogP contribution in [-0.4, -0.2) is 20.7 Å². The number of hydrogen-bond donors (Lipinski definition) is 0. The second-order valence-electron chi connectivity index (χ2n) is 4.41. The minimum absolute atomic E-state index is 0.0281. The summed E-state index contributed by atoms with van der Waals surface area (Å²) < 4.78 is 6.74. The smallest absolute Gasteiger partial charge is 0.338 e. The lowest BCUT2D eigenvalue weighted by molar-refractivity contribution is -0.384. The lowest BCUT2D eigenvalue weighted by atomic mass is 10.2. The molecule has 7 nitrogen and oxygen atoms in total. The molecule has 0 saturated carbocycles. The van der Waals surface area contributed by atoms with Crippen LogP contribution in [0.2, 0.25) is 5.02 Å². The Morgan fingerprint density at radius 3 is 2.81 bits per heavy atom. The Bertz CT molecular complexity index is 711. The number of nitro groups is 1. The summed E-state index contributed by atoms with van der Waals surface area (Å²) in [6.07, 6.45) is 1.74. The van der Waals surface area contributed by atoms with E-state index >= 15 is 0 Å². The summed E-state index contributed by atoms with van der Waals surface area (Å²) >= 11 is 5.69. The summed E-state index contributed by atoms with van der Waals surface area (Å²) in [4.78, 5) is 22.0. The molecule has 2 rings (SSSR count). The zero-order chi connectivity index (χ0) is 15.6. The Hall–Kier alpha value is -2.41.